The van der Waals surface area contributed by atoms with Crippen LogP contribution in [-0.4, -0.2) is 43.4 Å². The molecular formula is C15H19N3O2. The third-order valence-electron chi connectivity index (χ3n) is 2.75. The SMILES string of the molecule is CCN(CC(=O)NC)C(=O)c1ccc(C#CCN)cc1. The summed E-state index contributed by atoms with van der Waals surface area (Å²) in [7, 11) is 1.55. The van der Waals surface area contributed by atoms with Gasteiger partial charge in [0.05, 0.1) is 13.1 Å². The summed E-state index contributed by atoms with van der Waals surface area (Å²) in [4.78, 5) is 25.1. The Bertz CT molecular complexity index is 526. The van der Waals surface area contributed by atoms with Crippen molar-refractivity contribution in [1.82, 2.24) is 10.2 Å². The van der Waals surface area contributed by atoms with Crippen molar-refractivity contribution in [1.29, 1.82) is 0 Å². The Morgan fingerprint density at radius 2 is 1.95 bits per heavy atom. The zero-order valence-electron chi connectivity index (χ0n) is 11.8. The number of hydrogen-bond donors (Lipinski definition) is 2. The predicted molar refractivity (Wildman–Crippen MR) is 78.0 cm³/mol. The van der Waals surface area contributed by atoms with Crippen LogP contribution >= 0.6 is 0 Å². The molecule has 0 aromatic heterocycles. The first-order valence-electron chi connectivity index (χ1n) is 6.41. The molecule has 0 aliphatic carbocycles. The van der Waals surface area contributed by atoms with Gasteiger partial charge in [-0.25, -0.2) is 0 Å². The smallest absolute Gasteiger partial charge is 0.254 e. The van der Waals surface area contributed by atoms with Crippen LogP contribution in [0, 0.1) is 11.8 Å². The van der Waals surface area contributed by atoms with Crippen molar-refractivity contribution in [3.05, 3.63) is 35.4 Å². The summed E-state index contributed by atoms with van der Waals surface area (Å²) in [5, 5.41) is 2.51. The summed E-state index contributed by atoms with van der Waals surface area (Å²) in [6.07, 6.45) is 0. The van der Waals surface area contributed by atoms with E-state index in [4.69, 9.17) is 5.73 Å². The van der Waals surface area contributed by atoms with Crippen LogP contribution in [-0.2, 0) is 4.79 Å². The average molecular weight is 273 g/mol. The maximum atomic E-state index is 12.2. The molecule has 106 valence electrons. The van der Waals surface area contributed by atoms with Crippen LogP contribution in [0.3, 0.4) is 0 Å². The van der Waals surface area contributed by atoms with E-state index in [1.807, 2.05) is 6.92 Å². The minimum absolute atomic E-state index is 0.0561. The largest absolute Gasteiger partial charge is 0.358 e. The van der Waals surface area contributed by atoms with Crippen LogP contribution in [0.4, 0.5) is 0 Å². The van der Waals surface area contributed by atoms with Crippen molar-refractivity contribution < 1.29 is 9.59 Å². The first-order chi connectivity index (χ1) is 9.62. The standard InChI is InChI=1S/C15H19N3O2/c1-3-18(11-14(19)17-2)15(20)13-8-6-12(7-9-13)5-4-10-16/h6-9H,3,10-11,16H2,1-2H3,(H,17,19). The molecule has 0 aliphatic heterocycles. The van der Waals surface area contributed by atoms with Gasteiger partial charge in [-0.3, -0.25) is 9.59 Å². The second-order valence-corrected chi connectivity index (χ2v) is 4.08. The Balaban J connectivity index is 2.82. The lowest BCUT2D eigenvalue weighted by Crippen LogP contribution is -2.39. The van der Waals surface area contributed by atoms with Crippen molar-refractivity contribution >= 4 is 11.8 Å². The van der Waals surface area contributed by atoms with Crippen LogP contribution in [0.1, 0.15) is 22.8 Å². The van der Waals surface area contributed by atoms with E-state index < -0.39 is 0 Å². The fourth-order valence-corrected chi connectivity index (χ4v) is 1.61. The van der Waals surface area contributed by atoms with Gasteiger partial charge in [-0.05, 0) is 31.2 Å². The zero-order valence-corrected chi connectivity index (χ0v) is 11.8. The molecular weight excluding hydrogens is 254 g/mol. The summed E-state index contributed by atoms with van der Waals surface area (Å²) in [5.74, 6) is 5.28. The van der Waals surface area contributed by atoms with Gasteiger partial charge in [0.1, 0.15) is 0 Å². The summed E-state index contributed by atoms with van der Waals surface area (Å²) < 4.78 is 0. The van der Waals surface area contributed by atoms with Gasteiger partial charge in [0.2, 0.25) is 5.91 Å². The van der Waals surface area contributed by atoms with E-state index in [2.05, 4.69) is 17.2 Å². The number of carbonyl (C=O) groups is 2. The fraction of sp³-hybridized carbons (Fsp3) is 0.333. The van der Waals surface area contributed by atoms with Crippen molar-refractivity contribution in [3.63, 3.8) is 0 Å². The van der Waals surface area contributed by atoms with Crippen LogP contribution in [0.15, 0.2) is 24.3 Å². The Morgan fingerprint density at radius 3 is 2.45 bits per heavy atom. The minimum atomic E-state index is -0.189. The van der Waals surface area contributed by atoms with E-state index in [0.29, 0.717) is 18.7 Å². The molecule has 5 heteroatoms. The Labute approximate surface area is 119 Å². The van der Waals surface area contributed by atoms with E-state index in [1.54, 1.807) is 31.3 Å². The molecule has 1 aromatic carbocycles. The van der Waals surface area contributed by atoms with E-state index in [-0.39, 0.29) is 18.4 Å². The van der Waals surface area contributed by atoms with Gasteiger partial charge in [0, 0.05) is 24.7 Å². The van der Waals surface area contributed by atoms with Crippen molar-refractivity contribution in [3.8, 4) is 11.8 Å². The number of carbonyl (C=O) groups excluding carboxylic acids is 2. The number of benzene rings is 1. The molecule has 5 nitrogen and oxygen atoms in total. The molecule has 0 saturated heterocycles. The molecule has 1 rings (SSSR count). The summed E-state index contributed by atoms with van der Waals surface area (Å²) in [6.45, 7) is 2.67. The second-order valence-electron chi connectivity index (χ2n) is 4.08. The third-order valence-corrected chi connectivity index (χ3v) is 2.75. The van der Waals surface area contributed by atoms with Gasteiger partial charge in [-0.2, -0.15) is 0 Å². The van der Waals surface area contributed by atoms with Gasteiger partial charge < -0.3 is 16.0 Å². The monoisotopic (exact) mass is 273 g/mol. The van der Waals surface area contributed by atoms with Gasteiger partial charge in [-0.1, -0.05) is 11.8 Å². The third kappa shape index (κ3) is 4.41. The lowest BCUT2D eigenvalue weighted by molar-refractivity contribution is -0.121. The first-order valence-corrected chi connectivity index (χ1v) is 6.41. The Kier molecular flexibility index (Phi) is 6.27. The molecule has 0 heterocycles. The maximum absolute atomic E-state index is 12.2. The number of likely N-dealkylation sites (N-methyl/N-ethyl adjacent to an activating group) is 2. The minimum Gasteiger partial charge on any atom is -0.358 e. The van der Waals surface area contributed by atoms with E-state index in [1.165, 1.54) is 4.90 Å². The predicted octanol–water partition coefficient (Wildman–Crippen LogP) is 0.205. The summed E-state index contributed by atoms with van der Waals surface area (Å²) >= 11 is 0. The highest BCUT2D eigenvalue weighted by Gasteiger charge is 2.16. The molecule has 0 radical (unpaired) electrons. The molecule has 0 atom stereocenters. The number of amides is 2. The highest BCUT2D eigenvalue weighted by molar-refractivity contribution is 5.96. The molecule has 2 amide bonds. The Hall–Kier alpha value is -2.32. The number of hydrogen-bond acceptors (Lipinski definition) is 3. The highest BCUT2D eigenvalue weighted by Crippen LogP contribution is 2.07. The zero-order chi connectivity index (χ0) is 15.0. The van der Waals surface area contributed by atoms with Crippen molar-refractivity contribution in [2.75, 3.05) is 26.7 Å². The molecule has 0 saturated carbocycles. The molecule has 0 spiro atoms. The number of nitrogens with two attached hydrogens (primary N) is 1. The van der Waals surface area contributed by atoms with Crippen LogP contribution in [0.25, 0.3) is 0 Å². The van der Waals surface area contributed by atoms with Crippen LogP contribution in [0.2, 0.25) is 0 Å². The molecule has 1 aromatic rings. The highest BCUT2D eigenvalue weighted by atomic mass is 16.2. The molecule has 0 aliphatic rings. The van der Waals surface area contributed by atoms with Gasteiger partial charge in [-0.15, -0.1) is 0 Å². The summed E-state index contributed by atoms with van der Waals surface area (Å²) in [5.41, 5.74) is 6.64. The van der Waals surface area contributed by atoms with Gasteiger partial charge in [0.15, 0.2) is 0 Å². The molecule has 20 heavy (non-hydrogen) atoms. The molecule has 3 N–H and O–H groups in total. The molecule has 0 unspecified atom stereocenters. The first kappa shape index (κ1) is 15.7. The Morgan fingerprint density at radius 1 is 1.30 bits per heavy atom. The second kappa shape index (κ2) is 7.97. The van der Waals surface area contributed by atoms with Gasteiger partial charge >= 0.3 is 0 Å². The average Bonchev–Trinajstić information content (AvgIpc) is 2.50. The van der Waals surface area contributed by atoms with E-state index in [9.17, 15) is 9.59 Å². The lowest BCUT2D eigenvalue weighted by Gasteiger charge is -2.19. The summed E-state index contributed by atoms with van der Waals surface area (Å²) in [6, 6.07) is 6.94. The topological polar surface area (TPSA) is 75.4 Å². The van der Waals surface area contributed by atoms with Crippen molar-refractivity contribution in [2.24, 2.45) is 5.73 Å². The number of nitrogens with zero attached hydrogens (tertiary/aromatic N) is 1. The number of nitrogens with one attached hydrogen (secondary N) is 1. The normalized spacial score (nSPS) is 9.35. The van der Waals surface area contributed by atoms with Crippen LogP contribution in [0.5, 0.6) is 0 Å². The quantitative estimate of drug-likeness (QED) is 0.770. The van der Waals surface area contributed by atoms with E-state index in [0.717, 1.165) is 5.56 Å². The van der Waals surface area contributed by atoms with E-state index >= 15 is 0 Å². The van der Waals surface area contributed by atoms with Gasteiger partial charge in [0.25, 0.3) is 5.91 Å². The molecule has 0 bridgehead atoms. The number of rotatable bonds is 4. The van der Waals surface area contributed by atoms with Crippen LogP contribution < -0.4 is 11.1 Å². The lowest BCUT2D eigenvalue weighted by atomic mass is 10.1. The van der Waals surface area contributed by atoms with Crippen molar-refractivity contribution in [2.45, 2.75) is 6.92 Å². The molecule has 0 fully saturated rings. The maximum Gasteiger partial charge on any atom is 0.254 e. The fourth-order valence-electron chi connectivity index (χ4n) is 1.61.